The molecule has 0 bridgehead atoms. The fraction of sp³-hybridized carbons (Fsp3) is 0.263. The van der Waals surface area contributed by atoms with E-state index in [0.717, 1.165) is 15.3 Å². The molecule has 2 N–H and O–H groups in total. The van der Waals surface area contributed by atoms with Crippen molar-refractivity contribution in [1.82, 2.24) is 15.0 Å². The van der Waals surface area contributed by atoms with Crippen LogP contribution in [0.4, 0.5) is 9.52 Å². The number of aryl methyl sites for hydroxylation is 2. The SMILES string of the molecule is Cc1sc2nc(CS[C@H](C)C(=O)Nc3nc4ccc(F)cc4s3)[nH]c(=O)c2c1C. The number of aromatic nitrogens is 3. The second-order valence-electron chi connectivity index (χ2n) is 6.55. The molecule has 0 radical (unpaired) electrons. The molecular weight excluding hydrogens is 431 g/mol. The van der Waals surface area contributed by atoms with Gasteiger partial charge in [0.25, 0.3) is 5.56 Å². The van der Waals surface area contributed by atoms with Crippen LogP contribution < -0.4 is 10.9 Å². The van der Waals surface area contributed by atoms with E-state index < -0.39 is 0 Å². The van der Waals surface area contributed by atoms with Crippen molar-refractivity contribution in [3.05, 3.63) is 50.6 Å². The molecule has 0 saturated heterocycles. The number of thioether (sulfide) groups is 1. The van der Waals surface area contributed by atoms with E-state index in [1.807, 2.05) is 13.8 Å². The number of hydrogen-bond donors (Lipinski definition) is 2. The van der Waals surface area contributed by atoms with Gasteiger partial charge in [0.15, 0.2) is 5.13 Å². The summed E-state index contributed by atoms with van der Waals surface area (Å²) in [6.07, 6.45) is 0. The first kappa shape index (κ1) is 20.0. The van der Waals surface area contributed by atoms with Gasteiger partial charge in [0.2, 0.25) is 5.91 Å². The minimum absolute atomic E-state index is 0.147. The van der Waals surface area contributed by atoms with Crippen molar-refractivity contribution < 1.29 is 9.18 Å². The molecule has 150 valence electrons. The zero-order chi connectivity index (χ0) is 20.7. The first-order valence-electron chi connectivity index (χ1n) is 8.79. The van der Waals surface area contributed by atoms with Crippen molar-refractivity contribution >= 4 is 65.9 Å². The number of carbonyl (C=O) groups is 1. The lowest BCUT2D eigenvalue weighted by atomic mass is 10.2. The first-order valence-corrected chi connectivity index (χ1v) is 11.5. The van der Waals surface area contributed by atoms with Gasteiger partial charge >= 0.3 is 0 Å². The summed E-state index contributed by atoms with van der Waals surface area (Å²) in [4.78, 5) is 38.3. The lowest BCUT2D eigenvalue weighted by Crippen LogP contribution is -2.22. The molecule has 29 heavy (non-hydrogen) atoms. The van der Waals surface area contributed by atoms with Crippen LogP contribution in [-0.2, 0) is 10.5 Å². The highest BCUT2D eigenvalue weighted by Gasteiger charge is 2.18. The Morgan fingerprint density at radius 1 is 1.31 bits per heavy atom. The van der Waals surface area contributed by atoms with Gasteiger partial charge in [0.05, 0.1) is 26.6 Å². The summed E-state index contributed by atoms with van der Waals surface area (Å²) in [6, 6.07) is 4.32. The van der Waals surface area contributed by atoms with E-state index in [2.05, 4.69) is 20.3 Å². The number of fused-ring (bicyclic) bond motifs is 2. The standard InChI is InChI=1S/C19H17FN4O2S3/c1-8-9(2)28-18-15(8)17(26)22-14(23-18)7-27-10(3)16(25)24-19-21-12-5-4-11(20)6-13(12)29-19/h4-6,10H,7H2,1-3H3,(H,21,24,25)(H,22,23,26)/t10-/m1/s1. The molecule has 4 rings (SSSR count). The highest BCUT2D eigenvalue weighted by molar-refractivity contribution is 7.99. The summed E-state index contributed by atoms with van der Waals surface area (Å²) in [5.74, 6) is 0.406. The van der Waals surface area contributed by atoms with Crippen LogP contribution in [0.5, 0.6) is 0 Å². The van der Waals surface area contributed by atoms with E-state index >= 15 is 0 Å². The minimum Gasteiger partial charge on any atom is -0.309 e. The van der Waals surface area contributed by atoms with Crippen LogP contribution in [0.1, 0.15) is 23.2 Å². The third-order valence-electron chi connectivity index (χ3n) is 4.51. The Labute approximate surface area is 177 Å². The molecule has 0 aliphatic heterocycles. The van der Waals surface area contributed by atoms with Gasteiger partial charge < -0.3 is 10.3 Å². The van der Waals surface area contributed by atoms with Gasteiger partial charge in [-0.3, -0.25) is 9.59 Å². The molecule has 0 aliphatic carbocycles. The average Bonchev–Trinajstić information content (AvgIpc) is 3.19. The Balaban J connectivity index is 1.43. The van der Waals surface area contributed by atoms with E-state index in [9.17, 15) is 14.0 Å². The molecule has 0 unspecified atom stereocenters. The molecule has 3 aromatic heterocycles. The van der Waals surface area contributed by atoms with Crippen LogP contribution in [-0.4, -0.2) is 26.1 Å². The molecule has 0 saturated carbocycles. The number of carbonyl (C=O) groups excluding carboxylic acids is 1. The van der Waals surface area contributed by atoms with Crippen molar-refractivity contribution in [2.75, 3.05) is 5.32 Å². The zero-order valence-corrected chi connectivity index (χ0v) is 18.3. The number of anilines is 1. The Kier molecular flexibility index (Phi) is 5.41. The van der Waals surface area contributed by atoms with Crippen molar-refractivity contribution in [2.24, 2.45) is 0 Å². The number of nitrogens with one attached hydrogen (secondary N) is 2. The van der Waals surface area contributed by atoms with Gasteiger partial charge in [-0.1, -0.05) is 11.3 Å². The lowest BCUT2D eigenvalue weighted by molar-refractivity contribution is -0.115. The van der Waals surface area contributed by atoms with Crippen molar-refractivity contribution in [3.63, 3.8) is 0 Å². The lowest BCUT2D eigenvalue weighted by Gasteiger charge is -2.10. The number of H-pyrrole nitrogens is 1. The molecule has 3 heterocycles. The summed E-state index contributed by atoms with van der Waals surface area (Å²) < 4.78 is 14.0. The van der Waals surface area contributed by atoms with Crippen LogP contribution in [0.25, 0.3) is 20.4 Å². The Bertz CT molecular complexity index is 1290. The molecular formula is C19H17FN4O2S3. The molecule has 1 atom stereocenters. The van der Waals surface area contributed by atoms with Crippen LogP contribution >= 0.6 is 34.4 Å². The Morgan fingerprint density at radius 3 is 2.90 bits per heavy atom. The van der Waals surface area contributed by atoms with Gasteiger partial charge in [-0.05, 0) is 44.5 Å². The fourth-order valence-electron chi connectivity index (χ4n) is 2.81. The summed E-state index contributed by atoms with van der Waals surface area (Å²) in [6.45, 7) is 5.67. The van der Waals surface area contributed by atoms with E-state index in [-0.39, 0.29) is 22.5 Å². The van der Waals surface area contributed by atoms with E-state index in [4.69, 9.17) is 0 Å². The molecule has 4 aromatic rings. The number of aromatic amines is 1. The predicted octanol–water partition coefficient (Wildman–Crippen LogP) is 4.61. The third kappa shape index (κ3) is 4.05. The highest BCUT2D eigenvalue weighted by atomic mass is 32.2. The zero-order valence-electron chi connectivity index (χ0n) is 15.8. The molecule has 6 nitrogen and oxygen atoms in total. The van der Waals surface area contributed by atoms with Gasteiger partial charge in [0.1, 0.15) is 16.5 Å². The molecule has 0 aliphatic rings. The van der Waals surface area contributed by atoms with Gasteiger partial charge in [0, 0.05) is 4.88 Å². The number of benzene rings is 1. The number of amides is 1. The van der Waals surface area contributed by atoms with E-state index in [0.29, 0.717) is 32.3 Å². The number of nitrogens with zero attached hydrogens (tertiary/aromatic N) is 2. The number of thiazole rings is 1. The van der Waals surface area contributed by atoms with Crippen LogP contribution in [0.3, 0.4) is 0 Å². The van der Waals surface area contributed by atoms with Gasteiger partial charge in [-0.2, -0.15) is 0 Å². The largest absolute Gasteiger partial charge is 0.309 e. The monoisotopic (exact) mass is 448 g/mol. The van der Waals surface area contributed by atoms with Gasteiger partial charge in [-0.15, -0.1) is 23.1 Å². The minimum atomic E-state index is -0.383. The average molecular weight is 449 g/mol. The maximum atomic E-state index is 13.3. The number of rotatable bonds is 5. The normalized spacial score (nSPS) is 12.6. The molecule has 0 fully saturated rings. The number of hydrogen-bond acceptors (Lipinski definition) is 7. The summed E-state index contributed by atoms with van der Waals surface area (Å²) in [5, 5.41) is 3.46. The molecule has 10 heteroatoms. The van der Waals surface area contributed by atoms with Crippen LogP contribution in [0.2, 0.25) is 0 Å². The summed E-state index contributed by atoms with van der Waals surface area (Å²) >= 11 is 4.10. The quantitative estimate of drug-likeness (QED) is 0.465. The van der Waals surface area contributed by atoms with E-state index in [1.165, 1.54) is 46.6 Å². The Hall–Kier alpha value is -2.30. The van der Waals surface area contributed by atoms with Crippen molar-refractivity contribution in [2.45, 2.75) is 31.8 Å². The van der Waals surface area contributed by atoms with Crippen molar-refractivity contribution in [3.8, 4) is 0 Å². The van der Waals surface area contributed by atoms with Crippen LogP contribution in [0, 0.1) is 19.7 Å². The third-order valence-corrected chi connectivity index (χ3v) is 7.70. The smallest absolute Gasteiger partial charge is 0.259 e. The topological polar surface area (TPSA) is 87.7 Å². The maximum Gasteiger partial charge on any atom is 0.259 e. The number of halogens is 1. The highest BCUT2D eigenvalue weighted by Crippen LogP contribution is 2.28. The first-order chi connectivity index (χ1) is 13.8. The number of thiophene rings is 1. The Morgan fingerprint density at radius 2 is 2.10 bits per heavy atom. The van der Waals surface area contributed by atoms with Crippen LogP contribution in [0.15, 0.2) is 23.0 Å². The summed E-state index contributed by atoms with van der Waals surface area (Å²) in [7, 11) is 0. The second kappa shape index (κ2) is 7.85. The van der Waals surface area contributed by atoms with Gasteiger partial charge in [-0.25, -0.2) is 14.4 Å². The fourth-order valence-corrected chi connectivity index (χ4v) is 5.50. The maximum absolute atomic E-state index is 13.3. The summed E-state index contributed by atoms with van der Waals surface area (Å²) in [5.41, 5.74) is 1.45. The molecule has 1 amide bonds. The second-order valence-corrected chi connectivity index (χ2v) is 10.1. The molecule has 1 aromatic carbocycles. The molecule has 0 spiro atoms. The predicted molar refractivity (Wildman–Crippen MR) is 119 cm³/mol. The van der Waals surface area contributed by atoms with E-state index in [1.54, 1.807) is 13.0 Å². The van der Waals surface area contributed by atoms with Crippen molar-refractivity contribution in [1.29, 1.82) is 0 Å².